The maximum atomic E-state index is 13.6. The lowest BCUT2D eigenvalue weighted by molar-refractivity contribution is -0.141. The van der Waals surface area contributed by atoms with Gasteiger partial charge in [-0.25, -0.2) is 0 Å². The first-order valence-corrected chi connectivity index (χ1v) is 12.0. The molecule has 1 saturated carbocycles. The molecule has 184 valence electrons. The van der Waals surface area contributed by atoms with E-state index < -0.39 is 11.9 Å². The molecule has 1 fully saturated rings. The average molecular weight is 470 g/mol. The number of furan rings is 1. The van der Waals surface area contributed by atoms with Gasteiger partial charge in [-0.05, 0) is 42.5 Å². The van der Waals surface area contributed by atoms with Gasteiger partial charge in [0.05, 0.1) is 19.4 Å². The average Bonchev–Trinajstić information content (AvgIpc) is 3.41. The van der Waals surface area contributed by atoms with Gasteiger partial charge in [0.15, 0.2) is 5.76 Å². The zero-order valence-corrected chi connectivity index (χ0v) is 20.0. The summed E-state index contributed by atoms with van der Waals surface area (Å²) in [5.74, 6) is -0.947. The van der Waals surface area contributed by atoms with Gasteiger partial charge >= 0.3 is 0 Å². The van der Waals surface area contributed by atoms with Gasteiger partial charge < -0.3 is 24.7 Å². The quantitative estimate of drug-likeness (QED) is 0.526. The fraction of sp³-hybridized carbons (Fsp3) is 0.500. The van der Waals surface area contributed by atoms with Gasteiger partial charge in [0.2, 0.25) is 11.8 Å². The highest BCUT2D eigenvalue weighted by Crippen LogP contribution is 2.24. The molecule has 3 amide bonds. The van der Waals surface area contributed by atoms with Crippen LogP contribution in [0.15, 0.2) is 47.1 Å². The van der Waals surface area contributed by atoms with Crippen molar-refractivity contribution in [3.8, 4) is 0 Å². The summed E-state index contributed by atoms with van der Waals surface area (Å²) in [6, 6.07) is 10.2. The van der Waals surface area contributed by atoms with Crippen LogP contribution in [0.25, 0.3) is 0 Å². The largest absolute Gasteiger partial charge is 0.459 e. The first-order valence-electron chi connectivity index (χ1n) is 12.0. The van der Waals surface area contributed by atoms with E-state index in [1.54, 1.807) is 13.2 Å². The van der Waals surface area contributed by atoms with Crippen LogP contribution < -0.4 is 10.6 Å². The molecule has 2 aromatic rings. The Morgan fingerprint density at radius 3 is 2.47 bits per heavy atom. The predicted molar refractivity (Wildman–Crippen MR) is 128 cm³/mol. The highest BCUT2D eigenvalue weighted by Gasteiger charge is 2.33. The monoisotopic (exact) mass is 469 g/mol. The molecule has 1 aromatic carbocycles. The van der Waals surface area contributed by atoms with Crippen LogP contribution in [0.1, 0.15) is 66.8 Å². The van der Waals surface area contributed by atoms with Crippen LogP contribution in [-0.4, -0.2) is 55.5 Å². The minimum Gasteiger partial charge on any atom is -0.459 e. The molecule has 0 unspecified atom stereocenters. The number of methoxy groups -OCH3 is 1. The Kier molecular flexibility index (Phi) is 9.70. The van der Waals surface area contributed by atoms with Crippen LogP contribution in [0.4, 0.5) is 0 Å². The number of hydrogen-bond acceptors (Lipinski definition) is 5. The molecule has 1 aliphatic carbocycles. The number of ether oxygens (including phenoxy) is 1. The number of aryl methyl sites for hydroxylation is 1. The summed E-state index contributed by atoms with van der Waals surface area (Å²) in [6.45, 7) is 2.28. The van der Waals surface area contributed by atoms with Crippen molar-refractivity contribution in [2.45, 2.75) is 57.5 Å². The molecule has 8 nitrogen and oxygen atoms in total. The number of amides is 3. The topological polar surface area (TPSA) is 101 Å². The second kappa shape index (κ2) is 12.9. The summed E-state index contributed by atoms with van der Waals surface area (Å²) in [7, 11) is 1.55. The van der Waals surface area contributed by atoms with Crippen molar-refractivity contribution in [2.24, 2.45) is 0 Å². The summed E-state index contributed by atoms with van der Waals surface area (Å²) in [6.07, 6.45) is 7.52. The summed E-state index contributed by atoms with van der Waals surface area (Å²) in [4.78, 5) is 40.6. The van der Waals surface area contributed by atoms with Gasteiger partial charge in [0.25, 0.3) is 5.91 Å². The molecule has 3 rings (SSSR count). The van der Waals surface area contributed by atoms with Crippen molar-refractivity contribution in [2.75, 3.05) is 26.8 Å². The predicted octanol–water partition coefficient (Wildman–Crippen LogP) is 3.24. The fourth-order valence-corrected chi connectivity index (χ4v) is 4.28. The molecule has 1 heterocycles. The van der Waals surface area contributed by atoms with Crippen LogP contribution in [0.3, 0.4) is 0 Å². The summed E-state index contributed by atoms with van der Waals surface area (Å²) < 4.78 is 10.3. The Balaban J connectivity index is 1.82. The first-order chi connectivity index (χ1) is 16.5. The zero-order valence-electron chi connectivity index (χ0n) is 20.0. The lowest BCUT2D eigenvalue weighted by Gasteiger charge is -2.33. The third-order valence-electron chi connectivity index (χ3n) is 6.22. The van der Waals surface area contributed by atoms with Crippen molar-refractivity contribution in [1.82, 2.24) is 15.5 Å². The van der Waals surface area contributed by atoms with Crippen LogP contribution in [0.5, 0.6) is 0 Å². The third kappa shape index (κ3) is 6.93. The van der Waals surface area contributed by atoms with Crippen molar-refractivity contribution in [3.63, 3.8) is 0 Å². The van der Waals surface area contributed by atoms with Gasteiger partial charge in [0.1, 0.15) is 6.04 Å². The van der Waals surface area contributed by atoms with E-state index >= 15 is 0 Å². The van der Waals surface area contributed by atoms with Gasteiger partial charge in [-0.3, -0.25) is 14.4 Å². The molecule has 34 heavy (non-hydrogen) atoms. The molecule has 0 spiro atoms. The fourth-order valence-electron chi connectivity index (χ4n) is 4.28. The molecule has 0 radical (unpaired) electrons. The Labute approximate surface area is 201 Å². The van der Waals surface area contributed by atoms with Crippen molar-refractivity contribution < 1.29 is 23.5 Å². The number of carbonyl (C=O) groups excluding carboxylic acids is 3. The first kappa shape index (κ1) is 25.5. The minimum atomic E-state index is -0.823. The molecule has 1 aliphatic rings. The zero-order chi connectivity index (χ0) is 24.3. The Hall–Kier alpha value is -3.13. The van der Waals surface area contributed by atoms with E-state index in [-0.39, 0.29) is 43.3 Å². The molecule has 0 aliphatic heterocycles. The summed E-state index contributed by atoms with van der Waals surface area (Å²) in [5.41, 5.74) is 1.88. The van der Waals surface area contributed by atoms with Crippen LogP contribution in [-0.2, 0) is 20.7 Å². The molecule has 0 bridgehead atoms. The molecule has 1 aromatic heterocycles. The van der Waals surface area contributed by atoms with Crippen molar-refractivity contribution in [1.29, 1.82) is 0 Å². The van der Waals surface area contributed by atoms with Gasteiger partial charge in [-0.15, -0.1) is 0 Å². The maximum Gasteiger partial charge on any atom is 0.287 e. The Morgan fingerprint density at radius 1 is 1.12 bits per heavy atom. The Morgan fingerprint density at radius 2 is 1.85 bits per heavy atom. The second-order valence-corrected chi connectivity index (χ2v) is 8.58. The van der Waals surface area contributed by atoms with E-state index in [1.807, 2.05) is 24.3 Å². The lowest BCUT2D eigenvalue weighted by Crippen LogP contribution is -2.50. The summed E-state index contributed by atoms with van der Waals surface area (Å²) in [5, 5.41) is 5.76. The molecule has 1 atom stereocenters. The minimum absolute atomic E-state index is 0.108. The van der Waals surface area contributed by atoms with Crippen molar-refractivity contribution >= 4 is 17.7 Å². The standard InChI is InChI=1S/C26H35N3O5/c1-3-19-11-13-20(14-12-19)24(26(32)28-21-8-5-4-6-9-21)29(15-17-33-2)23(30)18-27-25(31)22-10-7-16-34-22/h7,10-14,16,21,24H,3-6,8-9,15,17-18H2,1-2H3,(H,27,31)(H,28,32)/t24-/m1/s1. The summed E-state index contributed by atoms with van der Waals surface area (Å²) >= 11 is 0. The van der Waals surface area contributed by atoms with Gasteiger partial charge in [-0.2, -0.15) is 0 Å². The normalized spacial score (nSPS) is 14.9. The van der Waals surface area contributed by atoms with Crippen LogP contribution in [0, 0.1) is 0 Å². The number of nitrogens with zero attached hydrogens (tertiary/aromatic N) is 1. The lowest BCUT2D eigenvalue weighted by atomic mass is 9.94. The maximum absolute atomic E-state index is 13.6. The number of carbonyl (C=O) groups is 3. The van der Waals surface area contributed by atoms with Gasteiger partial charge in [0, 0.05) is 19.7 Å². The number of hydrogen-bond donors (Lipinski definition) is 2. The van der Waals surface area contributed by atoms with E-state index in [2.05, 4.69) is 17.6 Å². The molecule has 8 heteroatoms. The molecular formula is C26H35N3O5. The Bertz CT molecular complexity index is 920. The molecule has 0 saturated heterocycles. The van der Waals surface area contributed by atoms with E-state index in [9.17, 15) is 14.4 Å². The SMILES string of the molecule is CCc1ccc([C@H](C(=O)NC2CCCCC2)N(CCOC)C(=O)CNC(=O)c2ccco2)cc1. The second-order valence-electron chi connectivity index (χ2n) is 8.58. The van der Waals surface area contributed by atoms with E-state index in [0.29, 0.717) is 0 Å². The van der Waals surface area contributed by atoms with Crippen LogP contribution in [0.2, 0.25) is 0 Å². The number of benzene rings is 1. The molecule has 2 N–H and O–H groups in total. The highest BCUT2D eigenvalue weighted by molar-refractivity contribution is 5.95. The van der Waals surface area contributed by atoms with E-state index in [4.69, 9.17) is 9.15 Å². The highest BCUT2D eigenvalue weighted by atomic mass is 16.5. The van der Waals surface area contributed by atoms with E-state index in [1.165, 1.54) is 23.7 Å². The third-order valence-corrected chi connectivity index (χ3v) is 6.22. The van der Waals surface area contributed by atoms with Gasteiger partial charge in [-0.1, -0.05) is 50.5 Å². The number of nitrogens with one attached hydrogen (secondary N) is 2. The smallest absolute Gasteiger partial charge is 0.287 e. The van der Waals surface area contributed by atoms with Crippen LogP contribution >= 0.6 is 0 Å². The van der Waals surface area contributed by atoms with Crippen molar-refractivity contribution in [3.05, 3.63) is 59.5 Å². The molecular weight excluding hydrogens is 434 g/mol. The number of rotatable bonds is 11. The van der Waals surface area contributed by atoms with E-state index in [0.717, 1.165) is 43.2 Å².